The Hall–Kier alpha value is -2.70. The van der Waals surface area contributed by atoms with E-state index in [4.69, 9.17) is 0 Å². The minimum absolute atomic E-state index is 0.0113. The normalized spacial score (nSPS) is 13.1. The molecule has 2 rings (SSSR count). The number of rotatable bonds is 7. The van der Waals surface area contributed by atoms with Crippen LogP contribution in [0.15, 0.2) is 36.7 Å². The van der Waals surface area contributed by atoms with Gasteiger partial charge in [-0.15, -0.1) is 0 Å². The van der Waals surface area contributed by atoms with Crippen molar-refractivity contribution in [3.05, 3.63) is 48.0 Å². The van der Waals surface area contributed by atoms with Gasteiger partial charge in [-0.2, -0.15) is 5.10 Å². The second-order valence-corrected chi connectivity index (χ2v) is 5.72. The maximum Gasteiger partial charge on any atom is 0.251 e. The molecule has 1 heterocycles. The van der Waals surface area contributed by atoms with Crippen LogP contribution in [0.2, 0.25) is 0 Å². The van der Waals surface area contributed by atoms with Crippen LogP contribution in [-0.4, -0.2) is 32.6 Å². The summed E-state index contributed by atoms with van der Waals surface area (Å²) in [6.07, 6.45) is 2.21. The lowest BCUT2D eigenvalue weighted by Gasteiger charge is -2.23. The second kappa shape index (κ2) is 8.24. The standard InChI is InChI=1S/C17H23N5O2/c1-4-12(2)15(21-16(23)13-8-6-5-7-9-13)17(24)18-10-14-19-11-20-22(14)3/h5-9,11-12,15H,4,10H2,1-3H3,(H,18,24)(H,21,23). The van der Waals surface area contributed by atoms with Crippen LogP contribution in [0.25, 0.3) is 0 Å². The molecule has 2 N–H and O–H groups in total. The van der Waals surface area contributed by atoms with Gasteiger partial charge in [0.2, 0.25) is 5.91 Å². The molecule has 0 aliphatic rings. The van der Waals surface area contributed by atoms with Crippen LogP contribution in [0, 0.1) is 5.92 Å². The number of hydrogen-bond donors (Lipinski definition) is 2. The topological polar surface area (TPSA) is 88.9 Å². The van der Waals surface area contributed by atoms with E-state index in [9.17, 15) is 9.59 Å². The van der Waals surface area contributed by atoms with E-state index in [2.05, 4.69) is 20.7 Å². The smallest absolute Gasteiger partial charge is 0.251 e. The van der Waals surface area contributed by atoms with E-state index in [1.807, 2.05) is 19.9 Å². The number of aromatic nitrogens is 3. The van der Waals surface area contributed by atoms with Crippen LogP contribution in [-0.2, 0) is 18.4 Å². The van der Waals surface area contributed by atoms with Gasteiger partial charge in [0.15, 0.2) is 0 Å². The summed E-state index contributed by atoms with van der Waals surface area (Å²) in [5.74, 6) is 0.184. The lowest BCUT2D eigenvalue weighted by molar-refractivity contribution is -0.124. The fourth-order valence-electron chi connectivity index (χ4n) is 2.27. The summed E-state index contributed by atoms with van der Waals surface area (Å²) in [5.41, 5.74) is 0.534. The quantitative estimate of drug-likeness (QED) is 0.801. The van der Waals surface area contributed by atoms with Crippen molar-refractivity contribution in [1.29, 1.82) is 0 Å². The van der Waals surface area contributed by atoms with Crippen molar-refractivity contribution >= 4 is 11.8 Å². The highest BCUT2D eigenvalue weighted by Gasteiger charge is 2.26. The van der Waals surface area contributed by atoms with Crippen LogP contribution < -0.4 is 10.6 Å². The summed E-state index contributed by atoms with van der Waals surface area (Å²) in [6.45, 7) is 4.20. The Bertz CT molecular complexity index is 683. The molecule has 128 valence electrons. The fourth-order valence-corrected chi connectivity index (χ4v) is 2.27. The van der Waals surface area contributed by atoms with Crippen LogP contribution in [0.1, 0.15) is 36.5 Å². The zero-order chi connectivity index (χ0) is 17.5. The molecule has 0 fully saturated rings. The molecule has 7 nitrogen and oxygen atoms in total. The fraction of sp³-hybridized carbons (Fsp3) is 0.412. The molecule has 0 bridgehead atoms. The predicted molar refractivity (Wildman–Crippen MR) is 90.0 cm³/mol. The Morgan fingerprint density at radius 2 is 1.96 bits per heavy atom. The van der Waals surface area contributed by atoms with Crippen LogP contribution in [0.4, 0.5) is 0 Å². The van der Waals surface area contributed by atoms with Gasteiger partial charge < -0.3 is 10.6 Å². The average molecular weight is 329 g/mol. The lowest BCUT2D eigenvalue weighted by Crippen LogP contribution is -2.50. The molecule has 1 aromatic heterocycles. The van der Waals surface area contributed by atoms with Crippen LogP contribution in [0.5, 0.6) is 0 Å². The minimum Gasteiger partial charge on any atom is -0.347 e. The van der Waals surface area contributed by atoms with E-state index in [0.717, 1.165) is 6.42 Å². The molecule has 0 saturated carbocycles. The van der Waals surface area contributed by atoms with Crippen molar-refractivity contribution in [2.24, 2.45) is 13.0 Å². The second-order valence-electron chi connectivity index (χ2n) is 5.72. The van der Waals surface area contributed by atoms with E-state index in [0.29, 0.717) is 11.4 Å². The molecule has 1 aromatic carbocycles. The summed E-state index contributed by atoms with van der Waals surface area (Å²) >= 11 is 0. The van der Waals surface area contributed by atoms with Gasteiger partial charge in [-0.05, 0) is 18.1 Å². The van der Waals surface area contributed by atoms with Gasteiger partial charge in [-0.1, -0.05) is 38.5 Å². The van der Waals surface area contributed by atoms with E-state index in [1.54, 1.807) is 36.0 Å². The number of amides is 2. The largest absolute Gasteiger partial charge is 0.347 e. The van der Waals surface area contributed by atoms with Crippen molar-refractivity contribution in [3.63, 3.8) is 0 Å². The van der Waals surface area contributed by atoms with Gasteiger partial charge in [0.05, 0.1) is 6.54 Å². The lowest BCUT2D eigenvalue weighted by atomic mass is 9.98. The number of carbonyl (C=O) groups excluding carboxylic acids is 2. The maximum absolute atomic E-state index is 12.5. The summed E-state index contributed by atoms with van der Waals surface area (Å²) in [5, 5.41) is 9.62. The monoisotopic (exact) mass is 329 g/mol. The highest BCUT2D eigenvalue weighted by molar-refractivity contribution is 5.97. The molecule has 2 atom stereocenters. The third kappa shape index (κ3) is 4.41. The summed E-state index contributed by atoms with van der Waals surface area (Å²) in [4.78, 5) is 29.0. The molecule has 0 saturated heterocycles. The highest BCUT2D eigenvalue weighted by atomic mass is 16.2. The number of nitrogens with one attached hydrogen (secondary N) is 2. The SMILES string of the molecule is CCC(C)C(NC(=O)c1ccccc1)C(=O)NCc1ncnn1C. The molecule has 2 amide bonds. The number of carbonyl (C=O) groups is 2. The van der Waals surface area contributed by atoms with Crippen molar-refractivity contribution in [3.8, 4) is 0 Å². The highest BCUT2D eigenvalue weighted by Crippen LogP contribution is 2.10. The Morgan fingerprint density at radius 3 is 2.54 bits per heavy atom. The van der Waals surface area contributed by atoms with Crippen molar-refractivity contribution in [2.75, 3.05) is 0 Å². The summed E-state index contributed by atoms with van der Waals surface area (Å²) in [6, 6.07) is 8.27. The molecule has 0 aliphatic carbocycles. The third-order valence-corrected chi connectivity index (χ3v) is 4.04. The zero-order valence-electron chi connectivity index (χ0n) is 14.2. The molecule has 2 aromatic rings. The molecule has 7 heteroatoms. The maximum atomic E-state index is 12.5. The van der Waals surface area contributed by atoms with Crippen molar-refractivity contribution < 1.29 is 9.59 Å². The third-order valence-electron chi connectivity index (χ3n) is 4.04. The first-order valence-electron chi connectivity index (χ1n) is 7.99. The first-order chi connectivity index (χ1) is 11.5. The summed E-state index contributed by atoms with van der Waals surface area (Å²) in [7, 11) is 1.76. The van der Waals surface area contributed by atoms with Gasteiger partial charge in [0.1, 0.15) is 18.2 Å². The Balaban J connectivity index is 2.03. The molecule has 0 radical (unpaired) electrons. The molecule has 0 aliphatic heterocycles. The van der Waals surface area contributed by atoms with Crippen molar-refractivity contribution in [2.45, 2.75) is 32.9 Å². The number of benzene rings is 1. The van der Waals surface area contributed by atoms with Crippen molar-refractivity contribution in [1.82, 2.24) is 25.4 Å². The first kappa shape index (κ1) is 17.7. The molecule has 24 heavy (non-hydrogen) atoms. The molecule has 0 spiro atoms. The van der Waals surface area contributed by atoms with E-state index in [1.165, 1.54) is 6.33 Å². The van der Waals surface area contributed by atoms with Crippen LogP contribution >= 0.6 is 0 Å². The van der Waals surface area contributed by atoms with E-state index in [-0.39, 0.29) is 24.3 Å². The number of hydrogen-bond acceptors (Lipinski definition) is 4. The Kier molecular flexibility index (Phi) is 6.06. The zero-order valence-corrected chi connectivity index (χ0v) is 14.2. The molecule has 2 unspecified atom stereocenters. The minimum atomic E-state index is -0.601. The van der Waals surface area contributed by atoms with Gasteiger partial charge in [0, 0.05) is 12.6 Å². The van der Waals surface area contributed by atoms with E-state index < -0.39 is 6.04 Å². The Labute approximate surface area is 141 Å². The Morgan fingerprint density at radius 1 is 1.25 bits per heavy atom. The number of aryl methyl sites for hydroxylation is 1. The van der Waals surface area contributed by atoms with Gasteiger partial charge in [-0.25, -0.2) is 4.98 Å². The van der Waals surface area contributed by atoms with Gasteiger partial charge in [-0.3, -0.25) is 14.3 Å². The first-order valence-corrected chi connectivity index (χ1v) is 7.99. The van der Waals surface area contributed by atoms with Gasteiger partial charge >= 0.3 is 0 Å². The molecular formula is C17H23N5O2. The van der Waals surface area contributed by atoms with Crippen LogP contribution in [0.3, 0.4) is 0 Å². The summed E-state index contributed by atoms with van der Waals surface area (Å²) < 4.78 is 1.60. The number of nitrogens with zero attached hydrogens (tertiary/aromatic N) is 3. The van der Waals surface area contributed by atoms with Gasteiger partial charge in [0.25, 0.3) is 5.91 Å². The predicted octanol–water partition coefficient (Wildman–Crippen LogP) is 1.28. The van der Waals surface area contributed by atoms with E-state index >= 15 is 0 Å². The average Bonchev–Trinajstić information content (AvgIpc) is 3.02. The molecular weight excluding hydrogens is 306 g/mol.